The summed E-state index contributed by atoms with van der Waals surface area (Å²) in [5.74, 6) is 3.89. The Balaban J connectivity index is 1.42. The highest BCUT2D eigenvalue weighted by Crippen LogP contribution is 2.44. The van der Waals surface area contributed by atoms with Crippen LogP contribution in [0.25, 0.3) is 0 Å². The summed E-state index contributed by atoms with van der Waals surface area (Å²) in [5.41, 5.74) is 0. The summed E-state index contributed by atoms with van der Waals surface area (Å²) in [6.07, 6.45) is 7.60. The molecule has 0 aromatic carbocycles. The van der Waals surface area contributed by atoms with Crippen LogP contribution in [0.4, 0.5) is 0 Å². The first-order valence-electron chi connectivity index (χ1n) is 8.89. The van der Waals surface area contributed by atoms with Gasteiger partial charge in [0.1, 0.15) is 17.6 Å². The Morgan fingerprint density at radius 3 is 2.78 bits per heavy atom. The Hall–Kier alpha value is -1.49. The van der Waals surface area contributed by atoms with Gasteiger partial charge >= 0.3 is 0 Å². The van der Waals surface area contributed by atoms with E-state index in [0.717, 1.165) is 23.6 Å². The molecule has 0 amide bonds. The predicted octanol–water partition coefficient (Wildman–Crippen LogP) is 2.76. The fourth-order valence-corrected chi connectivity index (χ4v) is 3.76. The molecule has 1 heterocycles. The standard InChI is InChI=1S/C18H29N3O2/c1-12-8-9-17(23-12)16(22)11-20-18(19-2)21-15-10-14(15)13-6-4-3-5-7-13/h8-9,13-16,22H,3-7,10-11H2,1-2H3,(H2,19,20,21). The lowest BCUT2D eigenvalue weighted by Gasteiger charge is -2.22. The van der Waals surface area contributed by atoms with E-state index in [1.807, 2.05) is 19.1 Å². The Morgan fingerprint density at radius 2 is 2.13 bits per heavy atom. The molecular weight excluding hydrogens is 290 g/mol. The number of aryl methyl sites for hydroxylation is 1. The van der Waals surface area contributed by atoms with E-state index in [-0.39, 0.29) is 0 Å². The Morgan fingerprint density at radius 1 is 1.35 bits per heavy atom. The third-order valence-corrected chi connectivity index (χ3v) is 5.19. The molecule has 2 saturated carbocycles. The number of hydrogen-bond donors (Lipinski definition) is 3. The molecule has 2 aliphatic carbocycles. The molecule has 0 radical (unpaired) electrons. The van der Waals surface area contributed by atoms with Crippen molar-refractivity contribution >= 4 is 5.96 Å². The van der Waals surface area contributed by atoms with Crippen LogP contribution >= 0.6 is 0 Å². The molecule has 23 heavy (non-hydrogen) atoms. The van der Waals surface area contributed by atoms with Gasteiger partial charge in [-0.2, -0.15) is 0 Å². The minimum absolute atomic E-state index is 0.396. The number of aliphatic hydroxyl groups is 1. The lowest BCUT2D eigenvalue weighted by atomic mass is 9.85. The van der Waals surface area contributed by atoms with Gasteiger partial charge in [-0.1, -0.05) is 32.1 Å². The Kier molecular flexibility index (Phi) is 5.26. The van der Waals surface area contributed by atoms with E-state index in [9.17, 15) is 5.11 Å². The second-order valence-corrected chi connectivity index (χ2v) is 6.97. The van der Waals surface area contributed by atoms with Crippen molar-refractivity contribution < 1.29 is 9.52 Å². The van der Waals surface area contributed by atoms with E-state index in [1.54, 1.807) is 7.05 Å². The van der Waals surface area contributed by atoms with Gasteiger partial charge in [-0.3, -0.25) is 4.99 Å². The van der Waals surface area contributed by atoms with Gasteiger partial charge < -0.3 is 20.2 Å². The van der Waals surface area contributed by atoms with Gasteiger partial charge in [0, 0.05) is 13.1 Å². The Bertz CT molecular complexity index is 534. The van der Waals surface area contributed by atoms with Gasteiger partial charge in [-0.15, -0.1) is 0 Å². The van der Waals surface area contributed by atoms with E-state index in [2.05, 4.69) is 15.6 Å². The van der Waals surface area contributed by atoms with Gasteiger partial charge in [0.2, 0.25) is 0 Å². The van der Waals surface area contributed by atoms with Crippen LogP contribution in [0.15, 0.2) is 21.5 Å². The second-order valence-electron chi connectivity index (χ2n) is 6.97. The number of aliphatic imine (C=N–C) groups is 1. The molecule has 3 N–H and O–H groups in total. The number of rotatable bonds is 5. The van der Waals surface area contributed by atoms with Crippen molar-refractivity contribution in [2.75, 3.05) is 13.6 Å². The highest BCUT2D eigenvalue weighted by atomic mass is 16.4. The second kappa shape index (κ2) is 7.39. The van der Waals surface area contributed by atoms with Gasteiger partial charge in [0.05, 0.1) is 6.54 Å². The first kappa shape index (κ1) is 16.4. The van der Waals surface area contributed by atoms with E-state index in [4.69, 9.17) is 4.42 Å². The number of furan rings is 1. The van der Waals surface area contributed by atoms with Crippen molar-refractivity contribution in [3.05, 3.63) is 23.7 Å². The highest BCUT2D eigenvalue weighted by molar-refractivity contribution is 5.80. The van der Waals surface area contributed by atoms with E-state index in [0.29, 0.717) is 18.3 Å². The van der Waals surface area contributed by atoms with Crippen LogP contribution in [0.5, 0.6) is 0 Å². The highest BCUT2D eigenvalue weighted by Gasteiger charge is 2.43. The zero-order valence-electron chi connectivity index (χ0n) is 14.2. The van der Waals surface area contributed by atoms with Crippen LogP contribution in [0.3, 0.4) is 0 Å². The molecule has 0 spiro atoms. The normalized spacial score (nSPS) is 26.8. The molecule has 0 saturated heterocycles. The number of aliphatic hydroxyl groups excluding tert-OH is 1. The molecule has 1 aromatic rings. The first-order chi connectivity index (χ1) is 11.2. The Labute approximate surface area is 138 Å². The molecule has 5 heteroatoms. The molecule has 128 valence electrons. The van der Waals surface area contributed by atoms with Crippen molar-refractivity contribution in [2.24, 2.45) is 16.8 Å². The molecule has 2 aliphatic rings. The minimum atomic E-state index is -0.657. The fraction of sp³-hybridized carbons (Fsp3) is 0.722. The van der Waals surface area contributed by atoms with Crippen LogP contribution in [0, 0.1) is 18.8 Å². The van der Waals surface area contributed by atoms with Gasteiger partial charge in [0.15, 0.2) is 5.96 Å². The molecule has 3 atom stereocenters. The third kappa shape index (κ3) is 4.28. The van der Waals surface area contributed by atoms with Crippen LogP contribution < -0.4 is 10.6 Å². The smallest absolute Gasteiger partial charge is 0.191 e. The monoisotopic (exact) mass is 319 g/mol. The van der Waals surface area contributed by atoms with Crippen LogP contribution in [0.1, 0.15) is 56.1 Å². The molecule has 1 aromatic heterocycles. The average molecular weight is 319 g/mol. The summed E-state index contributed by atoms with van der Waals surface area (Å²) in [6, 6.07) is 4.23. The summed E-state index contributed by atoms with van der Waals surface area (Å²) in [7, 11) is 1.77. The van der Waals surface area contributed by atoms with Crippen molar-refractivity contribution in [1.29, 1.82) is 0 Å². The first-order valence-corrected chi connectivity index (χ1v) is 8.89. The summed E-state index contributed by atoms with van der Waals surface area (Å²) in [6.45, 7) is 2.27. The molecule has 2 fully saturated rings. The molecule has 0 bridgehead atoms. The minimum Gasteiger partial charge on any atom is -0.464 e. The molecule has 5 nitrogen and oxygen atoms in total. The molecule has 0 aliphatic heterocycles. The summed E-state index contributed by atoms with van der Waals surface area (Å²) >= 11 is 0. The van der Waals surface area contributed by atoms with Crippen molar-refractivity contribution in [3.63, 3.8) is 0 Å². The van der Waals surface area contributed by atoms with E-state index in [1.165, 1.54) is 38.5 Å². The topological polar surface area (TPSA) is 69.8 Å². The lowest BCUT2D eigenvalue weighted by Crippen LogP contribution is -2.41. The summed E-state index contributed by atoms with van der Waals surface area (Å²) in [4.78, 5) is 4.27. The van der Waals surface area contributed by atoms with Gasteiger partial charge in [-0.05, 0) is 37.3 Å². The largest absolute Gasteiger partial charge is 0.464 e. The maximum atomic E-state index is 10.1. The molecular formula is C18H29N3O2. The quantitative estimate of drug-likeness (QED) is 0.576. The van der Waals surface area contributed by atoms with Gasteiger partial charge in [0.25, 0.3) is 0 Å². The zero-order valence-corrected chi connectivity index (χ0v) is 14.2. The summed E-state index contributed by atoms with van der Waals surface area (Å²) in [5, 5.41) is 16.8. The fourth-order valence-electron chi connectivity index (χ4n) is 3.76. The zero-order chi connectivity index (χ0) is 16.2. The third-order valence-electron chi connectivity index (χ3n) is 5.19. The molecule has 3 unspecified atom stereocenters. The van der Waals surface area contributed by atoms with E-state index >= 15 is 0 Å². The molecule has 3 rings (SSSR count). The number of guanidine groups is 1. The van der Waals surface area contributed by atoms with Crippen LogP contribution in [-0.2, 0) is 0 Å². The van der Waals surface area contributed by atoms with Crippen molar-refractivity contribution in [2.45, 2.75) is 57.6 Å². The number of nitrogens with one attached hydrogen (secondary N) is 2. The lowest BCUT2D eigenvalue weighted by molar-refractivity contribution is 0.151. The van der Waals surface area contributed by atoms with Crippen molar-refractivity contribution in [3.8, 4) is 0 Å². The maximum Gasteiger partial charge on any atom is 0.191 e. The predicted molar refractivity (Wildman–Crippen MR) is 91.4 cm³/mol. The van der Waals surface area contributed by atoms with Gasteiger partial charge in [-0.25, -0.2) is 0 Å². The summed E-state index contributed by atoms with van der Waals surface area (Å²) < 4.78 is 5.45. The number of hydrogen-bond acceptors (Lipinski definition) is 3. The number of nitrogens with zero attached hydrogens (tertiary/aromatic N) is 1. The average Bonchev–Trinajstić information content (AvgIpc) is 3.22. The SMILES string of the molecule is CN=C(NCC(O)c1ccc(C)o1)NC1CC1C1CCCCC1. The van der Waals surface area contributed by atoms with Crippen LogP contribution in [-0.4, -0.2) is 30.7 Å². The van der Waals surface area contributed by atoms with Crippen molar-refractivity contribution in [1.82, 2.24) is 10.6 Å². The maximum absolute atomic E-state index is 10.1. The van der Waals surface area contributed by atoms with E-state index < -0.39 is 6.10 Å². The van der Waals surface area contributed by atoms with Crippen LogP contribution in [0.2, 0.25) is 0 Å².